The second-order valence-corrected chi connectivity index (χ2v) is 5.37. The zero-order valence-corrected chi connectivity index (χ0v) is 11.7. The van der Waals surface area contributed by atoms with Gasteiger partial charge in [-0.1, -0.05) is 41.6 Å². The van der Waals surface area contributed by atoms with Crippen molar-refractivity contribution in [2.24, 2.45) is 0 Å². The fourth-order valence-corrected chi connectivity index (χ4v) is 2.80. The Kier molecular flexibility index (Phi) is 4.42. The molecule has 3 N–H and O–H groups in total. The molecule has 0 aliphatic carbocycles. The van der Waals surface area contributed by atoms with E-state index in [0.29, 0.717) is 15.6 Å². The van der Waals surface area contributed by atoms with Gasteiger partial charge in [0.1, 0.15) is 5.69 Å². The number of hydrogen-bond donors (Lipinski definition) is 3. The first kappa shape index (κ1) is 13.9. The Morgan fingerprint density at radius 1 is 1.37 bits per heavy atom. The second kappa shape index (κ2) is 6.06. The smallest absolute Gasteiger partial charge is 0.169 e. The van der Waals surface area contributed by atoms with Crippen LogP contribution < -0.4 is 5.48 Å². The topological polar surface area (TPSA) is 69.0 Å². The molecule has 2 rings (SSSR count). The minimum Gasteiger partial charge on any atom is -0.290 e. The number of benzene rings is 1. The molecule has 0 atom stereocenters. The highest BCUT2D eigenvalue weighted by molar-refractivity contribution is 7.99. The van der Waals surface area contributed by atoms with Crippen molar-refractivity contribution in [3.8, 4) is 0 Å². The maximum Gasteiger partial charge on any atom is 0.169 e. The van der Waals surface area contributed by atoms with Crippen LogP contribution in [0.4, 0.5) is 0 Å². The van der Waals surface area contributed by atoms with Crippen LogP contribution in [0.25, 0.3) is 0 Å². The first-order valence-corrected chi connectivity index (χ1v) is 6.69. The summed E-state index contributed by atoms with van der Waals surface area (Å²) in [4.78, 5) is 5.85. The number of pyridine rings is 1. The van der Waals surface area contributed by atoms with Crippen LogP contribution in [0.15, 0.2) is 46.3 Å². The van der Waals surface area contributed by atoms with Gasteiger partial charge in [0.05, 0.1) is 5.02 Å². The lowest BCUT2D eigenvalue weighted by Gasteiger charge is -2.10. The highest BCUT2D eigenvalue weighted by Crippen LogP contribution is 2.33. The predicted molar refractivity (Wildman–Crippen MR) is 76.3 cm³/mol. The molecular weight excluding hydrogens is 282 g/mol. The number of hydroxylamine groups is 1. The first-order chi connectivity index (χ1) is 9.11. The fraction of sp³-hybridized carbons (Fsp3) is 0.0769. The molecule has 0 bridgehead atoms. The van der Waals surface area contributed by atoms with Crippen LogP contribution in [0.2, 0.25) is 5.02 Å². The second-order valence-electron chi connectivity index (χ2n) is 3.85. The van der Waals surface area contributed by atoms with Gasteiger partial charge in [0.25, 0.3) is 0 Å². The van der Waals surface area contributed by atoms with E-state index in [4.69, 9.17) is 22.2 Å². The predicted octanol–water partition coefficient (Wildman–Crippen LogP) is 3.50. The fourth-order valence-electron chi connectivity index (χ4n) is 1.53. The van der Waals surface area contributed by atoms with Crippen LogP contribution >= 0.6 is 23.4 Å². The van der Waals surface area contributed by atoms with Crippen molar-refractivity contribution in [2.45, 2.75) is 16.7 Å². The molecule has 19 heavy (non-hydrogen) atoms. The van der Waals surface area contributed by atoms with E-state index in [-0.39, 0.29) is 5.84 Å². The summed E-state index contributed by atoms with van der Waals surface area (Å²) in [5.74, 6) is -0.159. The number of nitrogens with one attached hydrogen (secondary N) is 2. The van der Waals surface area contributed by atoms with Gasteiger partial charge in [-0.3, -0.25) is 21.1 Å². The molecule has 1 heterocycles. The molecule has 6 heteroatoms. The minimum absolute atomic E-state index is 0.159. The minimum atomic E-state index is -0.159. The zero-order valence-electron chi connectivity index (χ0n) is 10.1. The van der Waals surface area contributed by atoms with Crippen LogP contribution in [0.5, 0.6) is 0 Å². The van der Waals surface area contributed by atoms with Gasteiger partial charge in [0.2, 0.25) is 0 Å². The van der Waals surface area contributed by atoms with Crippen molar-refractivity contribution in [3.05, 3.63) is 52.8 Å². The molecule has 0 fully saturated rings. The molecule has 0 radical (unpaired) electrons. The lowest BCUT2D eigenvalue weighted by Crippen LogP contribution is -2.20. The molecule has 1 aromatic heterocycles. The van der Waals surface area contributed by atoms with Gasteiger partial charge in [-0.2, -0.15) is 0 Å². The standard InChI is InChI=1S/C13H12ClN3OS/c1-8-4-2-3-5-10(8)19-11-6-9(14)7-16-12(11)13(15)17-18/h2-7,18H,1H3,(H2,15,17). The number of rotatable bonds is 3. The summed E-state index contributed by atoms with van der Waals surface area (Å²) in [6, 6.07) is 9.64. The molecule has 2 aromatic rings. The molecule has 0 amide bonds. The summed E-state index contributed by atoms with van der Waals surface area (Å²) in [5.41, 5.74) is 3.29. The molecular formula is C13H12ClN3OS. The molecule has 1 aromatic carbocycles. The maximum atomic E-state index is 8.85. The number of hydrogen-bond acceptors (Lipinski definition) is 4. The number of aryl methyl sites for hydroxylation is 1. The third-order valence-corrected chi connectivity index (χ3v) is 3.90. The summed E-state index contributed by atoms with van der Waals surface area (Å²) in [5, 5.41) is 17.0. The molecule has 0 saturated heterocycles. The van der Waals surface area contributed by atoms with Gasteiger partial charge >= 0.3 is 0 Å². The quantitative estimate of drug-likeness (QED) is 0.460. The van der Waals surface area contributed by atoms with Gasteiger partial charge in [0.15, 0.2) is 5.84 Å². The number of halogens is 1. The van der Waals surface area contributed by atoms with Crippen molar-refractivity contribution in [1.29, 1.82) is 5.41 Å². The van der Waals surface area contributed by atoms with Gasteiger partial charge in [0, 0.05) is 16.0 Å². The van der Waals surface area contributed by atoms with Crippen LogP contribution in [-0.2, 0) is 0 Å². The van der Waals surface area contributed by atoms with E-state index in [1.165, 1.54) is 18.0 Å². The summed E-state index contributed by atoms with van der Waals surface area (Å²) >= 11 is 7.40. The Morgan fingerprint density at radius 2 is 2.11 bits per heavy atom. The Balaban J connectivity index is 2.41. The Hall–Kier alpha value is -1.56. The van der Waals surface area contributed by atoms with E-state index in [0.717, 1.165) is 10.5 Å². The van der Waals surface area contributed by atoms with Crippen LogP contribution in [-0.4, -0.2) is 16.0 Å². The van der Waals surface area contributed by atoms with Gasteiger partial charge < -0.3 is 0 Å². The average Bonchev–Trinajstić information content (AvgIpc) is 2.41. The number of nitrogens with zero attached hydrogens (tertiary/aromatic N) is 1. The summed E-state index contributed by atoms with van der Waals surface area (Å²) in [6.45, 7) is 2.01. The third kappa shape index (κ3) is 3.26. The van der Waals surface area contributed by atoms with Gasteiger partial charge in [-0.15, -0.1) is 0 Å². The summed E-state index contributed by atoms with van der Waals surface area (Å²) in [6.07, 6.45) is 1.45. The SMILES string of the molecule is Cc1ccccc1Sc1cc(Cl)cnc1C(=N)NO. The highest BCUT2D eigenvalue weighted by Gasteiger charge is 2.12. The lowest BCUT2D eigenvalue weighted by molar-refractivity contribution is 0.233. The molecule has 0 unspecified atom stereocenters. The maximum absolute atomic E-state index is 8.85. The molecule has 98 valence electrons. The summed E-state index contributed by atoms with van der Waals surface area (Å²) in [7, 11) is 0. The van der Waals surface area contributed by atoms with Crippen LogP contribution in [0, 0.1) is 12.3 Å². The number of aromatic nitrogens is 1. The molecule has 4 nitrogen and oxygen atoms in total. The van der Waals surface area contributed by atoms with Gasteiger partial charge in [-0.25, -0.2) is 0 Å². The van der Waals surface area contributed by atoms with Crippen molar-refractivity contribution in [1.82, 2.24) is 10.5 Å². The van der Waals surface area contributed by atoms with Crippen LogP contribution in [0.3, 0.4) is 0 Å². The highest BCUT2D eigenvalue weighted by atomic mass is 35.5. The first-order valence-electron chi connectivity index (χ1n) is 5.50. The van der Waals surface area contributed by atoms with Crippen molar-refractivity contribution < 1.29 is 5.21 Å². The monoisotopic (exact) mass is 293 g/mol. The Labute approximate surface area is 120 Å². The van der Waals surface area contributed by atoms with E-state index < -0.39 is 0 Å². The van der Waals surface area contributed by atoms with E-state index >= 15 is 0 Å². The van der Waals surface area contributed by atoms with E-state index in [9.17, 15) is 0 Å². The van der Waals surface area contributed by atoms with Crippen molar-refractivity contribution >= 4 is 29.2 Å². The summed E-state index contributed by atoms with van der Waals surface area (Å²) < 4.78 is 0. The molecule has 0 aliphatic rings. The van der Waals surface area contributed by atoms with Crippen molar-refractivity contribution in [2.75, 3.05) is 0 Å². The van der Waals surface area contributed by atoms with Gasteiger partial charge in [-0.05, 0) is 24.6 Å². The Morgan fingerprint density at radius 3 is 2.79 bits per heavy atom. The van der Waals surface area contributed by atoms with E-state index in [2.05, 4.69) is 4.98 Å². The number of amidine groups is 1. The molecule has 0 spiro atoms. The normalized spacial score (nSPS) is 10.3. The average molecular weight is 294 g/mol. The zero-order chi connectivity index (χ0) is 13.8. The lowest BCUT2D eigenvalue weighted by atomic mass is 10.2. The van der Waals surface area contributed by atoms with Crippen LogP contribution in [0.1, 0.15) is 11.3 Å². The molecule has 0 saturated carbocycles. The largest absolute Gasteiger partial charge is 0.290 e. The third-order valence-electron chi connectivity index (χ3n) is 2.48. The van der Waals surface area contributed by atoms with E-state index in [1.54, 1.807) is 11.5 Å². The Bertz CT molecular complexity index is 619. The van der Waals surface area contributed by atoms with Crippen molar-refractivity contribution in [3.63, 3.8) is 0 Å². The van der Waals surface area contributed by atoms with E-state index in [1.807, 2.05) is 31.2 Å². The molecule has 0 aliphatic heterocycles.